The second-order valence-corrected chi connectivity index (χ2v) is 7.10. The van der Waals surface area contributed by atoms with Crippen LogP contribution < -0.4 is 0 Å². The van der Waals surface area contributed by atoms with Crippen LogP contribution in [0.15, 0.2) is 22.8 Å². The predicted octanol–water partition coefficient (Wildman–Crippen LogP) is 2.69. The lowest BCUT2D eigenvalue weighted by Crippen LogP contribution is -2.47. The summed E-state index contributed by atoms with van der Waals surface area (Å²) in [6.45, 7) is 2.26. The first-order valence-electron chi connectivity index (χ1n) is 8.32. The van der Waals surface area contributed by atoms with Gasteiger partial charge in [0.05, 0.1) is 5.41 Å². The number of carboxylic acids is 1. The third-order valence-electron chi connectivity index (χ3n) is 5.25. The van der Waals surface area contributed by atoms with Crippen molar-refractivity contribution in [1.82, 2.24) is 15.2 Å². The minimum absolute atomic E-state index is 0.574. The SMILES string of the molecule is O=C(O)[C@@]1(CC2CC2)CCCN(Cc2cccc3nonc23)C1. The van der Waals surface area contributed by atoms with Crippen molar-refractivity contribution in [3.8, 4) is 0 Å². The molecule has 2 aliphatic rings. The van der Waals surface area contributed by atoms with Crippen LogP contribution in [0, 0.1) is 11.3 Å². The number of rotatable bonds is 5. The lowest BCUT2D eigenvalue weighted by atomic mass is 9.75. The van der Waals surface area contributed by atoms with Gasteiger partial charge in [-0.2, -0.15) is 0 Å². The molecule has 2 fully saturated rings. The van der Waals surface area contributed by atoms with Crippen molar-refractivity contribution in [2.24, 2.45) is 11.3 Å². The first kappa shape index (κ1) is 14.6. The number of nitrogens with zero attached hydrogens (tertiary/aromatic N) is 3. The summed E-state index contributed by atoms with van der Waals surface area (Å²) in [6.07, 6.45) is 4.95. The van der Waals surface area contributed by atoms with Gasteiger partial charge in [0.15, 0.2) is 0 Å². The fourth-order valence-corrected chi connectivity index (χ4v) is 3.90. The molecule has 2 heterocycles. The molecule has 1 saturated heterocycles. The quantitative estimate of drug-likeness (QED) is 0.914. The van der Waals surface area contributed by atoms with E-state index in [0.717, 1.165) is 42.4 Å². The number of carbonyl (C=O) groups is 1. The smallest absolute Gasteiger partial charge is 0.310 e. The van der Waals surface area contributed by atoms with Crippen LogP contribution in [0.4, 0.5) is 0 Å². The molecule has 1 saturated carbocycles. The summed E-state index contributed by atoms with van der Waals surface area (Å²) in [5.74, 6) is -0.00960. The molecule has 1 aliphatic heterocycles. The maximum atomic E-state index is 11.9. The molecule has 23 heavy (non-hydrogen) atoms. The summed E-state index contributed by atoms with van der Waals surface area (Å²) >= 11 is 0. The molecule has 1 aliphatic carbocycles. The first-order valence-corrected chi connectivity index (χ1v) is 8.32. The van der Waals surface area contributed by atoms with Crippen molar-refractivity contribution in [2.75, 3.05) is 13.1 Å². The molecule has 0 radical (unpaired) electrons. The molecule has 2 aromatic rings. The standard InChI is InChI=1S/C17H21N3O3/c21-16(22)17(9-12-5-6-12)7-2-8-20(11-17)10-13-3-1-4-14-15(13)19-23-18-14/h1,3-4,12H,2,5-11H2,(H,21,22)/t17-/m1/s1. The third kappa shape index (κ3) is 2.83. The molecule has 1 aromatic carbocycles. The zero-order chi connectivity index (χ0) is 15.9. The monoisotopic (exact) mass is 315 g/mol. The Morgan fingerprint density at radius 2 is 2.26 bits per heavy atom. The minimum atomic E-state index is -0.629. The molecule has 0 unspecified atom stereocenters. The zero-order valence-corrected chi connectivity index (χ0v) is 13.1. The third-order valence-corrected chi connectivity index (χ3v) is 5.25. The summed E-state index contributed by atoms with van der Waals surface area (Å²) in [4.78, 5) is 14.2. The maximum absolute atomic E-state index is 11.9. The van der Waals surface area contributed by atoms with Gasteiger partial charge in [0.25, 0.3) is 0 Å². The second-order valence-electron chi connectivity index (χ2n) is 7.10. The molecule has 6 nitrogen and oxygen atoms in total. The van der Waals surface area contributed by atoms with E-state index >= 15 is 0 Å². The summed E-state index contributed by atoms with van der Waals surface area (Å²) < 4.78 is 4.82. The van der Waals surface area contributed by atoms with Gasteiger partial charge in [0.2, 0.25) is 0 Å². The Morgan fingerprint density at radius 3 is 3.04 bits per heavy atom. The first-order chi connectivity index (χ1) is 11.2. The van der Waals surface area contributed by atoms with Crippen molar-refractivity contribution < 1.29 is 14.5 Å². The van der Waals surface area contributed by atoms with E-state index in [4.69, 9.17) is 4.63 Å². The Kier molecular flexibility index (Phi) is 3.56. The molecule has 0 bridgehead atoms. The fourth-order valence-electron chi connectivity index (χ4n) is 3.90. The number of likely N-dealkylation sites (tertiary alicyclic amines) is 1. The van der Waals surface area contributed by atoms with Gasteiger partial charge in [-0.3, -0.25) is 9.69 Å². The van der Waals surface area contributed by atoms with Gasteiger partial charge in [-0.1, -0.05) is 25.0 Å². The lowest BCUT2D eigenvalue weighted by molar-refractivity contribution is -0.153. The van der Waals surface area contributed by atoms with Gasteiger partial charge < -0.3 is 5.11 Å². The van der Waals surface area contributed by atoms with Gasteiger partial charge in [-0.25, -0.2) is 4.63 Å². The minimum Gasteiger partial charge on any atom is -0.481 e. The Balaban J connectivity index is 1.54. The van der Waals surface area contributed by atoms with Crippen molar-refractivity contribution >= 4 is 17.0 Å². The summed E-state index contributed by atoms with van der Waals surface area (Å²) in [6, 6.07) is 5.84. The van der Waals surface area contributed by atoms with E-state index in [1.54, 1.807) is 0 Å². The number of hydrogen-bond donors (Lipinski definition) is 1. The number of piperidine rings is 1. The predicted molar refractivity (Wildman–Crippen MR) is 83.7 cm³/mol. The van der Waals surface area contributed by atoms with E-state index in [9.17, 15) is 9.90 Å². The van der Waals surface area contributed by atoms with Gasteiger partial charge in [-0.15, -0.1) is 0 Å². The Morgan fingerprint density at radius 1 is 1.39 bits per heavy atom. The van der Waals surface area contributed by atoms with Crippen LogP contribution in [-0.4, -0.2) is 39.4 Å². The number of hydrogen-bond acceptors (Lipinski definition) is 5. The normalized spacial score (nSPS) is 25.7. The Hall–Kier alpha value is -1.95. The topological polar surface area (TPSA) is 79.5 Å². The van der Waals surface area contributed by atoms with E-state index < -0.39 is 11.4 Å². The van der Waals surface area contributed by atoms with Gasteiger partial charge in [0.1, 0.15) is 11.0 Å². The van der Waals surface area contributed by atoms with E-state index in [0.29, 0.717) is 19.0 Å². The molecule has 1 aromatic heterocycles. The highest BCUT2D eigenvalue weighted by molar-refractivity contribution is 5.77. The highest BCUT2D eigenvalue weighted by atomic mass is 16.6. The molecule has 4 rings (SSSR count). The molecule has 0 amide bonds. The van der Waals surface area contributed by atoms with E-state index in [1.165, 1.54) is 12.8 Å². The van der Waals surface area contributed by atoms with E-state index in [-0.39, 0.29) is 0 Å². The van der Waals surface area contributed by atoms with Gasteiger partial charge in [-0.05, 0) is 53.7 Å². The van der Waals surface area contributed by atoms with Crippen LogP contribution in [-0.2, 0) is 11.3 Å². The van der Waals surface area contributed by atoms with Gasteiger partial charge >= 0.3 is 5.97 Å². The maximum Gasteiger partial charge on any atom is 0.310 e. The van der Waals surface area contributed by atoms with Crippen LogP contribution in [0.25, 0.3) is 11.0 Å². The van der Waals surface area contributed by atoms with E-state index in [1.807, 2.05) is 18.2 Å². The molecular weight excluding hydrogens is 294 g/mol. The molecule has 1 atom stereocenters. The van der Waals surface area contributed by atoms with Crippen molar-refractivity contribution in [3.63, 3.8) is 0 Å². The zero-order valence-electron chi connectivity index (χ0n) is 13.1. The molecule has 1 N–H and O–H groups in total. The van der Waals surface area contributed by atoms with Crippen molar-refractivity contribution in [1.29, 1.82) is 0 Å². The highest BCUT2D eigenvalue weighted by Gasteiger charge is 2.45. The molecule has 0 spiro atoms. The lowest BCUT2D eigenvalue weighted by Gasteiger charge is -2.40. The summed E-state index contributed by atoms with van der Waals surface area (Å²) in [7, 11) is 0. The largest absolute Gasteiger partial charge is 0.481 e. The van der Waals surface area contributed by atoms with Crippen LogP contribution in [0.3, 0.4) is 0 Å². The number of aromatic nitrogens is 2. The van der Waals surface area contributed by atoms with Crippen LogP contribution >= 0.6 is 0 Å². The Bertz CT molecular complexity index is 725. The number of fused-ring (bicyclic) bond motifs is 1. The van der Waals surface area contributed by atoms with Crippen LogP contribution in [0.1, 0.15) is 37.7 Å². The van der Waals surface area contributed by atoms with Crippen molar-refractivity contribution in [3.05, 3.63) is 23.8 Å². The van der Waals surface area contributed by atoms with Crippen molar-refractivity contribution in [2.45, 2.75) is 38.6 Å². The Labute approximate surface area is 134 Å². The molecular formula is C17H21N3O3. The highest BCUT2D eigenvalue weighted by Crippen LogP contribution is 2.45. The average molecular weight is 315 g/mol. The van der Waals surface area contributed by atoms with E-state index in [2.05, 4.69) is 15.2 Å². The van der Waals surface area contributed by atoms with Gasteiger partial charge in [0, 0.05) is 13.1 Å². The average Bonchev–Trinajstić information content (AvgIpc) is 3.20. The van der Waals surface area contributed by atoms with Crippen LogP contribution in [0.2, 0.25) is 0 Å². The number of carboxylic acid groups (broad SMARTS) is 1. The fraction of sp³-hybridized carbons (Fsp3) is 0.588. The number of benzene rings is 1. The number of aliphatic carboxylic acids is 1. The molecule has 6 heteroatoms. The molecule has 122 valence electrons. The summed E-state index contributed by atoms with van der Waals surface area (Å²) in [5, 5.41) is 17.7. The summed E-state index contributed by atoms with van der Waals surface area (Å²) in [5.41, 5.74) is 2.01. The second kappa shape index (κ2) is 5.60. The van der Waals surface area contributed by atoms with Crippen LogP contribution in [0.5, 0.6) is 0 Å².